The second-order valence-corrected chi connectivity index (χ2v) is 4.25. The summed E-state index contributed by atoms with van der Waals surface area (Å²) in [6, 6.07) is 0.490. The van der Waals surface area contributed by atoms with Crippen LogP contribution in [0.2, 0.25) is 0 Å². The lowest BCUT2D eigenvalue weighted by molar-refractivity contribution is 0.156. The third-order valence-electron chi connectivity index (χ3n) is 3.23. The van der Waals surface area contributed by atoms with E-state index in [9.17, 15) is 0 Å². The molecule has 0 unspecified atom stereocenters. The molecule has 1 atom stereocenters. The van der Waals surface area contributed by atoms with Gasteiger partial charge in [0.15, 0.2) is 0 Å². The molecule has 2 rings (SSSR count). The van der Waals surface area contributed by atoms with Gasteiger partial charge in [-0.25, -0.2) is 0 Å². The summed E-state index contributed by atoms with van der Waals surface area (Å²) in [5.41, 5.74) is 0. The molecule has 1 aliphatic carbocycles. The average Bonchev–Trinajstić information content (AvgIpc) is 2.81. The highest BCUT2D eigenvalue weighted by Gasteiger charge is 2.26. The first kappa shape index (κ1) is 8.52. The van der Waals surface area contributed by atoms with Crippen molar-refractivity contribution in [1.82, 2.24) is 4.90 Å². The second kappa shape index (κ2) is 3.75. The molecule has 1 saturated carbocycles. The number of aliphatic hydroxyl groups is 1. The van der Waals surface area contributed by atoms with E-state index in [1.165, 1.54) is 45.2 Å². The summed E-state index contributed by atoms with van der Waals surface area (Å²) < 4.78 is 0. The number of hydrogen-bond acceptors (Lipinski definition) is 2. The van der Waals surface area contributed by atoms with Crippen LogP contribution in [0.15, 0.2) is 0 Å². The molecule has 0 aromatic rings. The summed E-state index contributed by atoms with van der Waals surface area (Å²) in [6.07, 6.45) is 6.78. The topological polar surface area (TPSA) is 23.5 Å². The molecule has 0 amide bonds. The number of nitrogens with zero attached hydrogens (tertiary/aromatic N) is 1. The van der Waals surface area contributed by atoms with Gasteiger partial charge in [0.05, 0.1) is 6.61 Å². The molecule has 0 aromatic heterocycles. The summed E-state index contributed by atoms with van der Waals surface area (Å²) in [5, 5.41) is 9.08. The summed E-state index contributed by atoms with van der Waals surface area (Å²) in [6.45, 7) is 2.82. The SMILES string of the molecule is OC[C@H]1CCCN1CCC1CC1. The zero-order valence-corrected chi connectivity index (χ0v) is 7.71. The number of hydrogen-bond donors (Lipinski definition) is 1. The van der Waals surface area contributed by atoms with Crippen molar-refractivity contribution in [3.63, 3.8) is 0 Å². The highest BCUT2D eigenvalue weighted by Crippen LogP contribution is 2.33. The molecular weight excluding hydrogens is 150 g/mol. The minimum atomic E-state index is 0.366. The maximum absolute atomic E-state index is 9.08. The summed E-state index contributed by atoms with van der Waals surface area (Å²) in [7, 11) is 0. The first-order chi connectivity index (χ1) is 5.90. The Morgan fingerprint density at radius 3 is 2.75 bits per heavy atom. The number of rotatable bonds is 4. The predicted octanol–water partition coefficient (Wildman–Crippen LogP) is 1.24. The Hall–Kier alpha value is -0.0800. The molecule has 1 saturated heterocycles. The van der Waals surface area contributed by atoms with E-state index in [4.69, 9.17) is 5.11 Å². The highest BCUT2D eigenvalue weighted by molar-refractivity contribution is 4.81. The lowest BCUT2D eigenvalue weighted by Gasteiger charge is -2.22. The predicted molar refractivity (Wildman–Crippen MR) is 49.0 cm³/mol. The number of aliphatic hydroxyl groups excluding tert-OH is 1. The van der Waals surface area contributed by atoms with E-state index in [0.29, 0.717) is 12.6 Å². The molecule has 2 fully saturated rings. The van der Waals surface area contributed by atoms with Gasteiger partial charge in [-0.1, -0.05) is 12.8 Å². The minimum absolute atomic E-state index is 0.366. The van der Waals surface area contributed by atoms with Crippen LogP contribution in [0.3, 0.4) is 0 Å². The van der Waals surface area contributed by atoms with E-state index in [-0.39, 0.29) is 0 Å². The third-order valence-corrected chi connectivity index (χ3v) is 3.23. The van der Waals surface area contributed by atoms with E-state index in [2.05, 4.69) is 4.90 Å². The Labute approximate surface area is 74.6 Å². The molecule has 0 bridgehead atoms. The standard InChI is InChI=1S/C10H19NO/c12-8-10-2-1-6-11(10)7-5-9-3-4-9/h9-10,12H,1-8H2/t10-/m1/s1. The fourth-order valence-electron chi connectivity index (χ4n) is 2.15. The molecule has 0 aromatic carbocycles. The van der Waals surface area contributed by atoms with Crippen LogP contribution in [-0.4, -0.2) is 35.7 Å². The van der Waals surface area contributed by atoms with Gasteiger partial charge in [-0.3, -0.25) is 4.90 Å². The lowest BCUT2D eigenvalue weighted by Crippen LogP contribution is -2.33. The highest BCUT2D eigenvalue weighted by atomic mass is 16.3. The molecule has 0 spiro atoms. The third kappa shape index (κ3) is 1.99. The monoisotopic (exact) mass is 169 g/mol. The van der Waals surface area contributed by atoms with Crippen molar-refractivity contribution in [3.8, 4) is 0 Å². The summed E-state index contributed by atoms with van der Waals surface area (Å²) in [4.78, 5) is 2.47. The van der Waals surface area contributed by atoms with Gasteiger partial charge in [-0.05, 0) is 38.3 Å². The van der Waals surface area contributed by atoms with Gasteiger partial charge in [-0.2, -0.15) is 0 Å². The summed E-state index contributed by atoms with van der Waals surface area (Å²) >= 11 is 0. The Balaban J connectivity index is 1.69. The lowest BCUT2D eigenvalue weighted by atomic mass is 10.2. The van der Waals surface area contributed by atoms with Crippen LogP contribution in [0.1, 0.15) is 32.1 Å². The average molecular weight is 169 g/mol. The van der Waals surface area contributed by atoms with Crippen molar-refractivity contribution in [1.29, 1.82) is 0 Å². The fourth-order valence-corrected chi connectivity index (χ4v) is 2.15. The quantitative estimate of drug-likeness (QED) is 0.684. The van der Waals surface area contributed by atoms with Gasteiger partial charge in [0.2, 0.25) is 0 Å². The van der Waals surface area contributed by atoms with Crippen molar-refractivity contribution in [3.05, 3.63) is 0 Å². The van der Waals surface area contributed by atoms with Gasteiger partial charge in [0.25, 0.3) is 0 Å². The van der Waals surface area contributed by atoms with Gasteiger partial charge >= 0.3 is 0 Å². The van der Waals surface area contributed by atoms with Crippen molar-refractivity contribution in [2.75, 3.05) is 19.7 Å². The second-order valence-electron chi connectivity index (χ2n) is 4.25. The molecule has 70 valence electrons. The Kier molecular flexibility index (Phi) is 2.66. The van der Waals surface area contributed by atoms with Gasteiger partial charge < -0.3 is 5.11 Å². The Morgan fingerprint density at radius 2 is 2.08 bits per heavy atom. The molecule has 1 N–H and O–H groups in total. The minimum Gasteiger partial charge on any atom is -0.395 e. The van der Waals surface area contributed by atoms with Gasteiger partial charge in [-0.15, -0.1) is 0 Å². The largest absolute Gasteiger partial charge is 0.395 e. The van der Waals surface area contributed by atoms with E-state index >= 15 is 0 Å². The zero-order valence-electron chi connectivity index (χ0n) is 7.71. The Morgan fingerprint density at radius 1 is 1.25 bits per heavy atom. The smallest absolute Gasteiger partial charge is 0.0586 e. The van der Waals surface area contributed by atoms with Crippen molar-refractivity contribution < 1.29 is 5.11 Å². The molecule has 0 radical (unpaired) electrons. The van der Waals surface area contributed by atoms with Crippen molar-refractivity contribution in [2.45, 2.75) is 38.1 Å². The maximum atomic E-state index is 9.08. The molecule has 2 heteroatoms. The van der Waals surface area contributed by atoms with Crippen LogP contribution in [-0.2, 0) is 0 Å². The van der Waals surface area contributed by atoms with Crippen LogP contribution in [0.4, 0.5) is 0 Å². The molecular formula is C10H19NO. The molecule has 2 aliphatic rings. The van der Waals surface area contributed by atoms with E-state index in [1.807, 2.05) is 0 Å². The van der Waals surface area contributed by atoms with Crippen molar-refractivity contribution >= 4 is 0 Å². The first-order valence-corrected chi connectivity index (χ1v) is 5.25. The fraction of sp³-hybridized carbons (Fsp3) is 1.00. The number of likely N-dealkylation sites (tertiary alicyclic amines) is 1. The molecule has 12 heavy (non-hydrogen) atoms. The van der Waals surface area contributed by atoms with Gasteiger partial charge in [0, 0.05) is 6.04 Å². The molecule has 2 nitrogen and oxygen atoms in total. The van der Waals surface area contributed by atoms with Crippen LogP contribution in [0, 0.1) is 5.92 Å². The van der Waals surface area contributed by atoms with E-state index in [0.717, 1.165) is 5.92 Å². The van der Waals surface area contributed by atoms with Crippen LogP contribution < -0.4 is 0 Å². The van der Waals surface area contributed by atoms with Crippen molar-refractivity contribution in [2.24, 2.45) is 5.92 Å². The van der Waals surface area contributed by atoms with Crippen LogP contribution in [0.25, 0.3) is 0 Å². The van der Waals surface area contributed by atoms with E-state index in [1.54, 1.807) is 0 Å². The maximum Gasteiger partial charge on any atom is 0.0586 e. The Bertz CT molecular complexity index is 145. The molecule has 1 heterocycles. The molecule has 1 aliphatic heterocycles. The zero-order chi connectivity index (χ0) is 8.39. The first-order valence-electron chi connectivity index (χ1n) is 5.25. The summed E-state index contributed by atoms with van der Waals surface area (Å²) in [5.74, 6) is 1.03. The van der Waals surface area contributed by atoms with Crippen LogP contribution >= 0.6 is 0 Å². The van der Waals surface area contributed by atoms with Gasteiger partial charge in [0.1, 0.15) is 0 Å². The normalized spacial score (nSPS) is 31.2. The van der Waals surface area contributed by atoms with Crippen LogP contribution in [0.5, 0.6) is 0 Å². The van der Waals surface area contributed by atoms with E-state index < -0.39 is 0 Å².